The molecule has 0 spiro atoms. The summed E-state index contributed by atoms with van der Waals surface area (Å²) in [5.74, 6) is 0. The van der Waals surface area contributed by atoms with Gasteiger partial charge in [-0.05, 0) is 0 Å². The monoisotopic (exact) mass is 301 g/mol. The van der Waals surface area contributed by atoms with Crippen LogP contribution in [-0.2, 0) is 0 Å². The van der Waals surface area contributed by atoms with Crippen molar-refractivity contribution < 1.29 is 25.9 Å². The Morgan fingerprint density at radius 3 is 1.29 bits per heavy atom. The maximum atomic E-state index is 2.21. The van der Waals surface area contributed by atoms with E-state index in [9.17, 15) is 0 Å². The molecule has 2 aromatic rings. The fourth-order valence-electron chi connectivity index (χ4n) is 1.08. The Kier molecular flexibility index (Phi) is 4.59. The zero-order valence-corrected chi connectivity index (χ0v) is 9.72. The van der Waals surface area contributed by atoms with E-state index in [0.717, 1.165) is 0 Å². The number of rotatable bonds is 2. The Hall–Kier alpha value is -0.900. The standard InChI is InChI=1S/C12H10I.FH/c1-3-7-11(8-4-1)13-12-9-5-2-6-10-12;/h1-10H;1H/q-1;. The second-order valence-electron chi connectivity index (χ2n) is 2.69. The third kappa shape index (κ3) is 3.10. The van der Waals surface area contributed by atoms with Gasteiger partial charge < -0.3 is 0 Å². The normalized spacial score (nSPS) is 9.43. The van der Waals surface area contributed by atoms with Crippen LogP contribution in [0.4, 0.5) is 4.70 Å². The van der Waals surface area contributed by atoms with E-state index in [1.54, 1.807) is 0 Å². The molecule has 2 aromatic carbocycles. The van der Waals surface area contributed by atoms with E-state index in [1.165, 1.54) is 7.14 Å². The SMILES string of the molecule is F.c1ccc([I-]c2ccccc2)cc1. The van der Waals surface area contributed by atoms with Gasteiger partial charge in [-0.25, -0.2) is 0 Å². The molecule has 0 aliphatic carbocycles. The first kappa shape index (κ1) is 11.2. The van der Waals surface area contributed by atoms with E-state index in [0.29, 0.717) is 0 Å². The Morgan fingerprint density at radius 2 is 0.929 bits per heavy atom. The molecule has 0 radical (unpaired) electrons. The Balaban J connectivity index is 0.000000980. The summed E-state index contributed by atoms with van der Waals surface area (Å²) >= 11 is 0.0287. The van der Waals surface area contributed by atoms with E-state index in [-0.39, 0.29) is 25.9 Å². The third-order valence-corrected chi connectivity index (χ3v) is 4.37. The van der Waals surface area contributed by atoms with Crippen LogP contribution in [-0.4, -0.2) is 0 Å². The molecule has 0 amide bonds. The van der Waals surface area contributed by atoms with Crippen molar-refractivity contribution in [3.05, 3.63) is 67.8 Å². The van der Waals surface area contributed by atoms with Gasteiger partial charge in [-0.1, -0.05) is 0 Å². The van der Waals surface area contributed by atoms with Crippen molar-refractivity contribution in [2.24, 2.45) is 0 Å². The van der Waals surface area contributed by atoms with Crippen LogP contribution < -0.4 is 21.2 Å². The van der Waals surface area contributed by atoms with Gasteiger partial charge >= 0.3 is 89.0 Å². The van der Waals surface area contributed by atoms with Crippen molar-refractivity contribution in [2.75, 3.05) is 0 Å². The number of halogens is 2. The average molecular weight is 301 g/mol. The molecule has 0 heterocycles. The van der Waals surface area contributed by atoms with Gasteiger partial charge in [-0.15, -0.1) is 0 Å². The van der Waals surface area contributed by atoms with Crippen molar-refractivity contribution >= 4 is 0 Å². The zero-order valence-electron chi connectivity index (χ0n) is 7.56. The zero-order chi connectivity index (χ0) is 8.93. The fraction of sp³-hybridized carbons (Fsp3) is 0. The van der Waals surface area contributed by atoms with Crippen LogP contribution in [0.25, 0.3) is 0 Å². The first-order valence-electron chi connectivity index (χ1n) is 4.20. The topological polar surface area (TPSA) is 0 Å². The van der Waals surface area contributed by atoms with E-state index in [4.69, 9.17) is 0 Å². The molecule has 0 unspecified atom stereocenters. The fourth-order valence-corrected chi connectivity index (χ4v) is 3.35. The summed E-state index contributed by atoms with van der Waals surface area (Å²) in [7, 11) is 0. The van der Waals surface area contributed by atoms with Gasteiger partial charge in [0.15, 0.2) is 0 Å². The van der Waals surface area contributed by atoms with E-state index in [1.807, 2.05) is 0 Å². The van der Waals surface area contributed by atoms with Crippen molar-refractivity contribution in [3.63, 3.8) is 0 Å². The van der Waals surface area contributed by atoms with Crippen LogP contribution in [0.2, 0.25) is 0 Å². The van der Waals surface area contributed by atoms with Gasteiger partial charge in [0.05, 0.1) is 0 Å². The van der Waals surface area contributed by atoms with Gasteiger partial charge in [0.25, 0.3) is 0 Å². The predicted molar refractivity (Wildman–Crippen MR) is 52.8 cm³/mol. The van der Waals surface area contributed by atoms with Gasteiger partial charge in [-0.2, -0.15) is 0 Å². The van der Waals surface area contributed by atoms with E-state index < -0.39 is 0 Å². The first-order valence-corrected chi connectivity index (χ1v) is 6.36. The summed E-state index contributed by atoms with van der Waals surface area (Å²) in [5, 5.41) is 0. The molecule has 2 heteroatoms. The molecule has 0 nitrogen and oxygen atoms in total. The summed E-state index contributed by atoms with van der Waals surface area (Å²) in [5.41, 5.74) is 0. The molecule has 0 aliphatic heterocycles. The summed E-state index contributed by atoms with van der Waals surface area (Å²) in [6.07, 6.45) is 0. The second-order valence-corrected chi connectivity index (χ2v) is 5.72. The molecule has 0 bridgehead atoms. The molecule has 0 saturated carbocycles. The quantitative estimate of drug-likeness (QED) is 0.683. The maximum absolute atomic E-state index is 2.21. The van der Waals surface area contributed by atoms with Gasteiger partial charge in [0.2, 0.25) is 0 Å². The molecule has 0 aliphatic rings. The van der Waals surface area contributed by atoms with Crippen LogP contribution in [0.5, 0.6) is 0 Å². The van der Waals surface area contributed by atoms with E-state index >= 15 is 0 Å². The van der Waals surface area contributed by atoms with Crippen LogP contribution in [0.3, 0.4) is 0 Å². The van der Waals surface area contributed by atoms with Gasteiger partial charge in [0, 0.05) is 0 Å². The third-order valence-electron chi connectivity index (χ3n) is 1.68. The predicted octanol–water partition coefficient (Wildman–Crippen LogP) is -0.0325. The van der Waals surface area contributed by atoms with Crippen molar-refractivity contribution in [2.45, 2.75) is 0 Å². The van der Waals surface area contributed by atoms with Crippen LogP contribution in [0.15, 0.2) is 60.7 Å². The summed E-state index contributed by atoms with van der Waals surface area (Å²) in [4.78, 5) is 0. The number of hydrogen-bond acceptors (Lipinski definition) is 0. The molecule has 0 atom stereocenters. The number of benzene rings is 2. The van der Waals surface area contributed by atoms with Crippen molar-refractivity contribution in [3.8, 4) is 0 Å². The second kappa shape index (κ2) is 5.75. The summed E-state index contributed by atoms with van der Waals surface area (Å²) in [6, 6.07) is 21.4. The Bertz CT molecular complexity index is 321. The van der Waals surface area contributed by atoms with Crippen molar-refractivity contribution in [1.29, 1.82) is 0 Å². The van der Waals surface area contributed by atoms with Crippen LogP contribution in [0, 0.1) is 7.14 Å². The van der Waals surface area contributed by atoms with Crippen LogP contribution >= 0.6 is 0 Å². The molecular weight excluding hydrogens is 290 g/mol. The van der Waals surface area contributed by atoms with Gasteiger partial charge in [0.1, 0.15) is 0 Å². The molecule has 0 fully saturated rings. The Morgan fingerprint density at radius 1 is 0.571 bits per heavy atom. The molecule has 2 rings (SSSR count). The van der Waals surface area contributed by atoms with Gasteiger partial charge in [-0.3, -0.25) is 4.70 Å². The molecule has 0 N–H and O–H groups in total. The Labute approximate surface area is 93.6 Å². The average Bonchev–Trinajstić information content (AvgIpc) is 2.21. The minimum atomic E-state index is 0. The molecular formula is C12H11FI-. The molecule has 0 saturated heterocycles. The van der Waals surface area contributed by atoms with Crippen LogP contribution in [0.1, 0.15) is 0 Å². The van der Waals surface area contributed by atoms with E-state index in [2.05, 4.69) is 60.7 Å². The minimum absolute atomic E-state index is 0. The summed E-state index contributed by atoms with van der Waals surface area (Å²) in [6.45, 7) is 0. The first-order chi connectivity index (χ1) is 6.45. The van der Waals surface area contributed by atoms with Crippen molar-refractivity contribution in [1.82, 2.24) is 0 Å². The number of hydrogen-bond donors (Lipinski definition) is 0. The molecule has 74 valence electrons. The molecule has 0 aromatic heterocycles. The summed E-state index contributed by atoms with van der Waals surface area (Å²) < 4.78 is 2.96. The molecule has 14 heavy (non-hydrogen) atoms.